The standard InChI is InChI=1S/C26H27ClN2O2S2/c1-18-7-3-4-8-21(18)17-29-19(2)26(22-9-5-6-10-23(22)29)20-13-15-28(16-14-20)33(30,31)25-12-11-24(27)32-25/h3-12,20H,13-17H2,1-2H3. The first kappa shape index (κ1) is 22.7. The molecule has 0 N–H and O–H groups in total. The molecule has 0 unspecified atom stereocenters. The summed E-state index contributed by atoms with van der Waals surface area (Å²) in [6.45, 7) is 6.27. The lowest BCUT2D eigenvalue weighted by molar-refractivity contribution is 0.320. The van der Waals surface area contributed by atoms with Crippen molar-refractivity contribution < 1.29 is 8.42 Å². The van der Waals surface area contributed by atoms with E-state index in [2.05, 4.69) is 66.9 Å². The number of piperidine rings is 1. The summed E-state index contributed by atoms with van der Waals surface area (Å²) in [6, 6.07) is 20.4. The number of nitrogens with zero attached hydrogens (tertiary/aromatic N) is 2. The Morgan fingerprint density at radius 2 is 1.67 bits per heavy atom. The summed E-state index contributed by atoms with van der Waals surface area (Å²) in [7, 11) is -3.48. The van der Waals surface area contributed by atoms with Crippen molar-refractivity contribution in [2.45, 2.75) is 43.4 Å². The minimum absolute atomic E-state index is 0.331. The van der Waals surface area contributed by atoms with Gasteiger partial charge in [0.2, 0.25) is 0 Å². The Morgan fingerprint density at radius 1 is 0.970 bits per heavy atom. The maximum absolute atomic E-state index is 13.0. The number of aryl methyl sites for hydroxylation is 1. The van der Waals surface area contributed by atoms with Gasteiger partial charge in [-0.1, -0.05) is 54.1 Å². The third-order valence-electron chi connectivity index (χ3n) is 6.87. The lowest BCUT2D eigenvalue weighted by atomic mass is 9.88. The second kappa shape index (κ2) is 8.91. The van der Waals surface area contributed by atoms with Crippen LogP contribution in [0.4, 0.5) is 0 Å². The number of benzene rings is 2. The zero-order chi connectivity index (χ0) is 23.2. The number of aromatic nitrogens is 1. The topological polar surface area (TPSA) is 42.3 Å². The number of halogens is 1. The molecular formula is C26H27ClN2O2S2. The van der Waals surface area contributed by atoms with Crippen LogP contribution in [0.1, 0.15) is 41.1 Å². The van der Waals surface area contributed by atoms with Crippen LogP contribution in [0, 0.1) is 13.8 Å². The van der Waals surface area contributed by atoms with Crippen molar-refractivity contribution in [3.05, 3.63) is 87.4 Å². The second-order valence-electron chi connectivity index (χ2n) is 8.77. The molecule has 0 saturated carbocycles. The average Bonchev–Trinajstić information content (AvgIpc) is 3.37. The minimum Gasteiger partial charge on any atom is -0.340 e. The van der Waals surface area contributed by atoms with Gasteiger partial charge >= 0.3 is 0 Å². The van der Waals surface area contributed by atoms with E-state index in [1.165, 1.54) is 33.3 Å². The fraction of sp³-hybridized carbons (Fsp3) is 0.308. The molecule has 0 amide bonds. The van der Waals surface area contributed by atoms with Gasteiger partial charge in [0, 0.05) is 36.2 Å². The molecule has 0 radical (unpaired) electrons. The Hall–Kier alpha value is -2.12. The lowest BCUT2D eigenvalue weighted by Gasteiger charge is -2.31. The van der Waals surface area contributed by atoms with Crippen LogP contribution >= 0.6 is 22.9 Å². The molecule has 0 atom stereocenters. The van der Waals surface area contributed by atoms with Crippen LogP contribution in [0.15, 0.2) is 64.9 Å². The number of hydrogen-bond acceptors (Lipinski definition) is 3. The first-order chi connectivity index (χ1) is 15.9. The Bertz CT molecular complexity index is 1410. The molecule has 0 aliphatic carbocycles. The first-order valence-corrected chi connectivity index (χ1v) is 13.9. The average molecular weight is 499 g/mol. The van der Waals surface area contributed by atoms with Crippen LogP contribution in [-0.4, -0.2) is 30.4 Å². The van der Waals surface area contributed by atoms with Crippen molar-refractivity contribution in [3.8, 4) is 0 Å². The van der Waals surface area contributed by atoms with Crippen LogP contribution in [0.3, 0.4) is 0 Å². The number of para-hydroxylation sites is 1. The number of rotatable bonds is 5. The molecule has 1 fully saturated rings. The van der Waals surface area contributed by atoms with Crippen molar-refractivity contribution in [3.63, 3.8) is 0 Å². The van der Waals surface area contributed by atoms with E-state index in [1.807, 2.05) is 0 Å². The van der Waals surface area contributed by atoms with Crippen molar-refractivity contribution in [1.29, 1.82) is 0 Å². The Kier molecular flexibility index (Phi) is 6.12. The first-order valence-electron chi connectivity index (χ1n) is 11.2. The molecule has 2 aromatic heterocycles. The Morgan fingerprint density at radius 3 is 2.36 bits per heavy atom. The smallest absolute Gasteiger partial charge is 0.252 e. The molecule has 4 nitrogen and oxygen atoms in total. The molecule has 172 valence electrons. The van der Waals surface area contributed by atoms with Crippen molar-refractivity contribution in [1.82, 2.24) is 8.87 Å². The zero-order valence-corrected chi connectivity index (χ0v) is 21.2. The van der Waals surface area contributed by atoms with E-state index in [1.54, 1.807) is 16.4 Å². The summed E-state index contributed by atoms with van der Waals surface area (Å²) in [5, 5.41) is 1.29. The fourth-order valence-corrected chi connectivity index (χ4v) is 8.19. The molecular weight excluding hydrogens is 472 g/mol. The highest BCUT2D eigenvalue weighted by molar-refractivity contribution is 7.91. The summed E-state index contributed by atoms with van der Waals surface area (Å²) in [6.07, 6.45) is 1.63. The maximum Gasteiger partial charge on any atom is 0.252 e. The molecule has 7 heteroatoms. The summed E-state index contributed by atoms with van der Waals surface area (Å²) < 4.78 is 30.9. The van der Waals surface area contributed by atoms with E-state index in [0.29, 0.717) is 27.6 Å². The quantitative estimate of drug-likeness (QED) is 0.311. The van der Waals surface area contributed by atoms with E-state index >= 15 is 0 Å². The van der Waals surface area contributed by atoms with Gasteiger partial charge in [0.05, 0.1) is 4.34 Å². The predicted octanol–water partition coefficient (Wildman–Crippen LogP) is 6.59. The Balaban J connectivity index is 1.44. The highest BCUT2D eigenvalue weighted by atomic mass is 35.5. The summed E-state index contributed by atoms with van der Waals surface area (Å²) in [5.74, 6) is 0.339. The maximum atomic E-state index is 13.0. The highest BCUT2D eigenvalue weighted by Gasteiger charge is 2.33. The zero-order valence-electron chi connectivity index (χ0n) is 18.8. The van der Waals surface area contributed by atoms with E-state index in [9.17, 15) is 8.42 Å². The molecule has 4 aromatic rings. The lowest BCUT2D eigenvalue weighted by Crippen LogP contribution is -2.37. The normalized spacial score (nSPS) is 16.0. The van der Waals surface area contributed by atoms with Gasteiger partial charge in [-0.15, -0.1) is 11.3 Å². The minimum atomic E-state index is -3.48. The van der Waals surface area contributed by atoms with E-state index in [-0.39, 0.29) is 0 Å². The molecule has 0 spiro atoms. The summed E-state index contributed by atoms with van der Waals surface area (Å²) in [4.78, 5) is 0. The molecule has 1 aliphatic rings. The van der Waals surface area contributed by atoms with Gasteiger partial charge < -0.3 is 4.57 Å². The van der Waals surface area contributed by atoms with Crippen molar-refractivity contribution in [2.24, 2.45) is 0 Å². The van der Waals surface area contributed by atoms with Crippen molar-refractivity contribution in [2.75, 3.05) is 13.1 Å². The predicted molar refractivity (Wildman–Crippen MR) is 137 cm³/mol. The fourth-order valence-electron chi connectivity index (χ4n) is 5.08. The van der Waals surface area contributed by atoms with Crippen LogP contribution in [0.5, 0.6) is 0 Å². The molecule has 5 rings (SSSR count). The molecule has 33 heavy (non-hydrogen) atoms. The SMILES string of the molecule is Cc1ccccc1Cn1c(C)c(C2CCN(S(=O)(=O)c3ccc(Cl)s3)CC2)c2ccccc21. The van der Waals surface area contributed by atoms with Gasteiger partial charge in [0.15, 0.2) is 0 Å². The largest absolute Gasteiger partial charge is 0.340 e. The van der Waals surface area contributed by atoms with Gasteiger partial charge in [-0.25, -0.2) is 8.42 Å². The Labute approximate surface area is 204 Å². The third kappa shape index (κ3) is 4.14. The number of fused-ring (bicyclic) bond motifs is 1. The van der Waals surface area contributed by atoms with Gasteiger partial charge in [-0.2, -0.15) is 4.31 Å². The number of hydrogen-bond donors (Lipinski definition) is 0. The van der Waals surface area contributed by atoms with Crippen LogP contribution < -0.4 is 0 Å². The number of sulfonamides is 1. The van der Waals surface area contributed by atoms with Crippen molar-refractivity contribution >= 4 is 43.9 Å². The van der Waals surface area contributed by atoms with Gasteiger partial charge in [0.25, 0.3) is 10.0 Å². The van der Waals surface area contributed by atoms with Crippen LogP contribution in [0.25, 0.3) is 10.9 Å². The van der Waals surface area contributed by atoms with E-state index < -0.39 is 10.0 Å². The van der Waals surface area contributed by atoms with Crippen LogP contribution in [0.2, 0.25) is 4.34 Å². The number of thiophene rings is 1. The molecule has 3 heterocycles. The monoisotopic (exact) mass is 498 g/mol. The molecule has 0 bridgehead atoms. The van der Waals surface area contributed by atoms with Gasteiger partial charge in [-0.3, -0.25) is 0 Å². The second-order valence-corrected chi connectivity index (χ2v) is 12.6. The highest BCUT2D eigenvalue weighted by Crippen LogP contribution is 2.39. The summed E-state index contributed by atoms with van der Waals surface area (Å²) >= 11 is 7.11. The van der Waals surface area contributed by atoms with Crippen LogP contribution in [-0.2, 0) is 16.6 Å². The molecule has 1 aliphatic heterocycles. The van der Waals surface area contributed by atoms with E-state index in [4.69, 9.17) is 11.6 Å². The molecule has 2 aromatic carbocycles. The molecule has 1 saturated heterocycles. The van der Waals surface area contributed by atoms with E-state index in [0.717, 1.165) is 30.7 Å². The third-order valence-corrected chi connectivity index (χ3v) is 10.5. The van der Waals surface area contributed by atoms with Gasteiger partial charge in [-0.05, 0) is 67.5 Å². The summed E-state index contributed by atoms with van der Waals surface area (Å²) in [5.41, 5.74) is 6.52. The van der Waals surface area contributed by atoms with Gasteiger partial charge in [0.1, 0.15) is 4.21 Å².